The summed E-state index contributed by atoms with van der Waals surface area (Å²) in [5.41, 5.74) is 2.78. The first-order chi connectivity index (χ1) is 7.72. The van der Waals surface area contributed by atoms with Crippen LogP contribution in [0.25, 0.3) is 0 Å². The van der Waals surface area contributed by atoms with Gasteiger partial charge in [-0.05, 0) is 44.3 Å². The molecular weight excluding hydrogens is 200 g/mol. The number of likely N-dealkylation sites (N-methyl/N-ethyl adjacent to an activating group) is 1. The highest BCUT2D eigenvalue weighted by atomic mass is 16.5. The van der Waals surface area contributed by atoms with E-state index in [0.29, 0.717) is 6.04 Å². The van der Waals surface area contributed by atoms with E-state index in [0.717, 1.165) is 25.4 Å². The molecule has 2 rings (SSSR count). The Morgan fingerprint density at radius 2 is 2.25 bits per heavy atom. The molecule has 0 spiro atoms. The van der Waals surface area contributed by atoms with Crippen LogP contribution in [-0.2, 0) is 6.54 Å². The van der Waals surface area contributed by atoms with Gasteiger partial charge in [0.1, 0.15) is 5.75 Å². The van der Waals surface area contributed by atoms with Gasteiger partial charge in [0.15, 0.2) is 0 Å². The first-order valence-corrected chi connectivity index (χ1v) is 5.85. The molecule has 0 amide bonds. The topological polar surface area (TPSA) is 24.5 Å². The average molecular weight is 220 g/mol. The summed E-state index contributed by atoms with van der Waals surface area (Å²) >= 11 is 0. The van der Waals surface area contributed by atoms with Crippen LogP contribution >= 0.6 is 0 Å². The molecule has 1 aromatic rings. The monoisotopic (exact) mass is 220 g/mol. The molecule has 0 radical (unpaired) electrons. The van der Waals surface area contributed by atoms with Gasteiger partial charge in [-0.2, -0.15) is 0 Å². The molecule has 0 bridgehead atoms. The maximum Gasteiger partial charge on any atom is 0.119 e. The van der Waals surface area contributed by atoms with Gasteiger partial charge in [0.05, 0.1) is 6.61 Å². The molecule has 0 fully saturated rings. The summed E-state index contributed by atoms with van der Waals surface area (Å²) in [5, 5.41) is 3.44. The highest BCUT2D eigenvalue weighted by Gasteiger charge is 2.21. The first-order valence-electron chi connectivity index (χ1n) is 5.85. The van der Waals surface area contributed by atoms with Crippen LogP contribution in [0.5, 0.6) is 5.75 Å². The zero-order chi connectivity index (χ0) is 11.5. The lowest BCUT2D eigenvalue weighted by Gasteiger charge is -2.31. The van der Waals surface area contributed by atoms with Crippen molar-refractivity contribution in [1.29, 1.82) is 0 Å². The average Bonchev–Trinajstić information content (AvgIpc) is 2.28. The van der Waals surface area contributed by atoms with Crippen LogP contribution in [0.4, 0.5) is 0 Å². The van der Waals surface area contributed by atoms with E-state index in [1.165, 1.54) is 11.1 Å². The van der Waals surface area contributed by atoms with Gasteiger partial charge in [-0.3, -0.25) is 0 Å². The Labute approximate surface area is 97.4 Å². The van der Waals surface area contributed by atoms with Crippen LogP contribution in [0.3, 0.4) is 0 Å². The van der Waals surface area contributed by atoms with Crippen molar-refractivity contribution in [3.8, 4) is 5.75 Å². The zero-order valence-electron chi connectivity index (χ0n) is 10.3. The van der Waals surface area contributed by atoms with Crippen LogP contribution in [0.15, 0.2) is 18.2 Å². The zero-order valence-corrected chi connectivity index (χ0v) is 10.3. The minimum absolute atomic E-state index is 0.472. The SMILES string of the molecule is CCOc1ccc2c(c1)CNC[C@H]2N(C)C. The lowest BCUT2D eigenvalue weighted by atomic mass is 9.96. The Morgan fingerprint density at radius 1 is 1.44 bits per heavy atom. The standard InChI is InChI=1S/C13H20N2O/c1-4-16-11-5-6-12-10(7-11)8-14-9-13(12)15(2)3/h5-7,13-14H,4,8-9H2,1-3H3/t13-/m1/s1. The van der Waals surface area contributed by atoms with Crippen molar-refractivity contribution in [2.24, 2.45) is 0 Å². The summed E-state index contributed by atoms with van der Waals surface area (Å²) in [6.45, 7) is 4.71. The van der Waals surface area contributed by atoms with Crippen molar-refractivity contribution < 1.29 is 4.74 Å². The number of nitrogens with zero attached hydrogens (tertiary/aromatic N) is 1. The minimum Gasteiger partial charge on any atom is -0.494 e. The van der Waals surface area contributed by atoms with Crippen molar-refractivity contribution in [2.75, 3.05) is 27.2 Å². The van der Waals surface area contributed by atoms with Gasteiger partial charge in [-0.25, -0.2) is 0 Å². The maximum absolute atomic E-state index is 5.53. The molecule has 16 heavy (non-hydrogen) atoms. The molecule has 1 aliphatic heterocycles. The molecule has 1 N–H and O–H groups in total. The second-order valence-electron chi connectivity index (χ2n) is 4.40. The van der Waals surface area contributed by atoms with Crippen LogP contribution in [0, 0.1) is 0 Å². The van der Waals surface area contributed by atoms with E-state index in [1.807, 2.05) is 6.92 Å². The van der Waals surface area contributed by atoms with Crippen LogP contribution in [-0.4, -0.2) is 32.1 Å². The highest BCUT2D eigenvalue weighted by molar-refractivity contribution is 5.39. The summed E-state index contributed by atoms with van der Waals surface area (Å²) < 4.78 is 5.53. The van der Waals surface area contributed by atoms with Crippen molar-refractivity contribution in [1.82, 2.24) is 10.2 Å². The number of ether oxygens (including phenoxy) is 1. The number of rotatable bonds is 3. The third kappa shape index (κ3) is 2.20. The summed E-state index contributed by atoms with van der Waals surface area (Å²) in [5.74, 6) is 0.974. The van der Waals surface area contributed by atoms with Crippen LogP contribution < -0.4 is 10.1 Å². The Hall–Kier alpha value is -1.06. The van der Waals surface area contributed by atoms with Crippen molar-refractivity contribution in [3.05, 3.63) is 29.3 Å². The van der Waals surface area contributed by atoms with E-state index >= 15 is 0 Å². The fourth-order valence-electron chi connectivity index (χ4n) is 2.23. The van der Waals surface area contributed by atoms with E-state index in [1.54, 1.807) is 0 Å². The quantitative estimate of drug-likeness (QED) is 0.840. The van der Waals surface area contributed by atoms with E-state index in [-0.39, 0.29) is 0 Å². The van der Waals surface area contributed by atoms with Crippen LogP contribution in [0.1, 0.15) is 24.1 Å². The van der Waals surface area contributed by atoms with E-state index in [2.05, 4.69) is 42.5 Å². The van der Waals surface area contributed by atoms with Gasteiger partial charge in [0.2, 0.25) is 0 Å². The summed E-state index contributed by atoms with van der Waals surface area (Å²) in [6.07, 6.45) is 0. The summed E-state index contributed by atoms with van der Waals surface area (Å²) in [7, 11) is 4.25. The Balaban J connectivity index is 2.29. The van der Waals surface area contributed by atoms with Gasteiger partial charge in [0.25, 0.3) is 0 Å². The number of fused-ring (bicyclic) bond motifs is 1. The lowest BCUT2D eigenvalue weighted by Crippen LogP contribution is -2.35. The molecule has 0 aliphatic carbocycles. The van der Waals surface area contributed by atoms with Crippen molar-refractivity contribution >= 4 is 0 Å². The molecule has 0 saturated heterocycles. The van der Waals surface area contributed by atoms with Gasteiger partial charge >= 0.3 is 0 Å². The third-order valence-electron chi connectivity index (χ3n) is 3.06. The number of benzene rings is 1. The first kappa shape index (κ1) is 11.4. The molecule has 0 saturated carbocycles. The molecule has 88 valence electrons. The fourth-order valence-corrected chi connectivity index (χ4v) is 2.23. The second kappa shape index (κ2) is 4.85. The Kier molecular flexibility index (Phi) is 3.46. The van der Waals surface area contributed by atoms with Gasteiger partial charge in [-0.1, -0.05) is 6.07 Å². The van der Waals surface area contributed by atoms with E-state index in [9.17, 15) is 0 Å². The predicted octanol–water partition coefficient (Wildman–Crippen LogP) is 1.79. The molecule has 1 heterocycles. The van der Waals surface area contributed by atoms with E-state index < -0.39 is 0 Å². The maximum atomic E-state index is 5.53. The van der Waals surface area contributed by atoms with Gasteiger partial charge < -0.3 is 15.0 Å². The Morgan fingerprint density at radius 3 is 2.94 bits per heavy atom. The Bertz CT molecular complexity index is 363. The summed E-state index contributed by atoms with van der Waals surface area (Å²) in [4.78, 5) is 2.26. The van der Waals surface area contributed by atoms with Gasteiger partial charge in [-0.15, -0.1) is 0 Å². The molecule has 3 nitrogen and oxygen atoms in total. The third-order valence-corrected chi connectivity index (χ3v) is 3.06. The number of nitrogens with one attached hydrogen (secondary N) is 1. The summed E-state index contributed by atoms with van der Waals surface area (Å²) in [6, 6.07) is 6.90. The molecule has 0 unspecified atom stereocenters. The van der Waals surface area contributed by atoms with Crippen LogP contribution in [0.2, 0.25) is 0 Å². The normalized spacial score (nSPS) is 19.6. The minimum atomic E-state index is 0.472. The molecule has 1 aromatic carbocycles. The molecule has 1 atom stereocenters. The van der Waals surface area contributed by atoms with Gasteiger partial charge in [0, 0.05) is 19.1 Å². The van der Waals surface area contributed by atoms with Crippen molar-refractivity contribution in [3.63, 3.8) is 0 Å². The number of hydrogen-bond donors (Lipinski definition) is 1. The van der Waals surface area contributed by atoms with Crippen molar-refractivity contribution in [2.45, 2.75) is 19.5 Å². The van der Waals surface area contributed by atoms with E-state index in [4.69, 9.17) is 4.74 Å². The smallest absolute Gasteiger partial charge is 0.119 e. The largest absolute Gasteiger partial charge is 0.494 e. The lowest BCUT2D eigenvalue weighted by molar-refractivity contribution is 0.274. The second-order valence-corrected chi connectivity index (χ2v) is 4.40. The molecule has 3 heteroatoms. The molecule has 0 aromatic heterocycles. The molecular formula is C13H20N2O. The molecule has 1 aliphatic rings. The predicted molar refractivity (Wildman–Crippen MR) is 65.7 cm³/mol. The highest BCUT2D eigenvalue weighted by Crippen LogP contribution is 2.28. The fraction of sp³-hybridized carbons (Fsp3) is 0.538. The number of hydrogen-bond acceptors (Lipinski definition) is 3.